The smallest absolute Gasteiger partial charge is 0.119 e. The van der Waals surface area contributed by atoms with Crippen molar-refractivity contribution in [3.8, 4) is 5.75 Å². The zero-order chi connectivity index (χ0) is 13.5. The molecule has 0 aliphatic heterocycles. The second kappa shape index (κ2) is 7.19. The maximum absolute atomic E-state index is 5.28. The minimum absolute atomic E-state index is 0.318. The fourth-order valence-corrected chi connectivity index (χ4v) is 1.83. The predicted octanol–water partition coefficient (Wildman–Crippen LogP) is 2.46. The van der Waals surface area contributed by atoms with Gasteiger partial charge in [0.15, 0.2) is 0 Å². The molecular formula is C15H24N2O. The van der Waals surface area contributed by atoms with Crippen LogP contribution in [0.25, 0.3) is 0 Å². The summed E-state index contributed by atoms with van der Waals surface area (Å²) in [6.45, 7) is 6.77. The number of ether oxygens (including phenoxy) is 1. The molecule has 0 radical (unpaired) electrons. The summed E-state index contributed by atoms with van der Waals surface area (Å²) in [5, 5.41) is 3.45. The van der Waals surface area contributed by atoms with E-state index in [2.05, 4.69) is 49.9 Å². The Hall–Kier alpha value is -1.32. The summed E-state index contributed by atoms with van der Waals surface area (Å²) in [5.41, 5.74) is 1.25. The highest BCUT2D eigenvalue weighted by Crippen LogP contribution is 2.22. The van der Waals surface area contributed by atoms with Gasteiger partial charge in [-0.2, -0.15) is 0 Å². The monoisotopic (exact) mass is 248 g/mol. The normalized spacial score (nSPS) is 14.3. The van der Waals surface area contributed by atoms with E-state index in [9.17, 15) is 0 Å². The summed E-state index contributed by atoms with van der Waals surface area (Å²) in [5.74, 6) is 0.899. The predicted molar refractivity (Wildman–Crippen MR) is 77.1 cm³/mol. The largest absolute Gasteiger partial charge is 0.497 e. The van der Waals surface area contributed by atoms with Crippen molar-refractivity contribution in [2.24, 2.45) is 0 Å². The van der Waals surface area contributed by atoms with E-state index in [0.717, 1.165) is 12.3 Å². The standard InChI is InChI=1S/C15H24N2O/c1-6-12(2)16-11-15(17(3)4)13-8-7-9-14(10-13)18-5/h6-10,12,15-16H,1,11H2,2-5H3. The van der Waals surface area contributed by atoms with Crippen LogP contribution in [0.3, 0.4) is 0 Å². The third kappa shape index (κ3) is 4.17. The summed E-state index contributed by atoms with van der Waals surface area (Å²) in [7, 11) is 5.87. The van der Waals surface area contributed by atoms with Gasteiger partial charge in [-0.05, 0) is 38.7 Å². The molecule has 1 N–H and O–H groups in total. The van der Waals surface area contributed by atoms with Gasteiger partial charge in [-0.15, -0.1) is 6.58 Å². The maximum Gasteiger partial charge on any atom is 0.119 e. The third-order valence-electron chi connectivity index (χ3n) is 3.09. The molecule has 18 heavy (non-hydrogen) atoms. The van der Waals surface area contributed by atoms with Crippen LogP contribution in [0.4, 0.5) is 0 Å². The van der Waals surface area contributed by atoms with Gasteiger partial charge in [-0.3, -0.25) is 0 Å². The van der Waals surface area contributed by atoms with E-state index >= 15 is 0 Å². The zero-order valence-corrected chi connectivity index (χ0v) is 11.8. The van der Waals surface area contributed by atoms with Crippen molar-refractivity contribution in [1.82, 2.24) is 10.2 Å². The molecule has 0 aromatic heterocycles. The fraction of sp³-hybridized carbons (Fsp3) is 0.467. The lowest BCUT2D eigenvalue weighted by molar-refractivity contribution is 0.285. The van der Waals surface area contributed by atoms with Crippen LogP contribution in [-0.2, 0) is 0 Å². The number of rotatable bonds is 7. The van der Waals surface area contributed by atoms with E-state index in [1.54, 1.807) is 7.11 Å². The molecule has 2 unspecified atom stereocenters. The molecule has 1 aromatic carbocycles. The first kappa shape index (κ1) is 14.7. The summed E-state index contributed by atoms with van der Waals surface area (Å²) >= 11 is 0. The van der Waals surface area contributed by atoms with Gasteiger partial charge in [-0.1, -0.05) is 18.2 Å². The molecule has 0 fully saturated rings. The highest BCUT2D eigenvalue weighted by atomic mass is 16.5. The summed E-state index contributed by atoms with van der Waals surface area (Å²) in [6, 6.07) is 8.86. The number of benzene rings is 1. The first-order valence-electron chi connectivity index (χ1n) is 6.24. The Kier molecular flexibility index (Phi) is 5.89. The van der Waals surface area contributed by atoms with Gasteiger partial charge in [0.25, 0.3) is 0 Å². The van der Waals surface area contributed by atoms with E-state index in [1.165, 1.54) is 5.56 Å². The molecule has 0 bridgehead atoms. The van der Waals surface area contributed by atoms with Crippen molar-refractivity contribution >= 4 is 0 Å². The van der Waals surface area contributed by atoms with Crippen LogP contribution in [0.2, 0.25) is 0 Å². The lowest BCUT2D eigenvalue weighted by Gasteiger charge is -2.26. The zero-order valence-electron chi connectivity index (χ0n) is 11.8. The maximum atomic E-state index is 5.28. The van der Waals surface area contributed by atoms with E-state index in [0.29, 0.717) is 12.1 Å². The van der Waals surface area contributed by atoms with Crippen LogP contribution in [0, 0.1) is 0 Å². The average molecular weight is 248 g/mol. The van der Waals surface area contributed by atoms with Crippen molar-refractivity contribution in [2.45, 2.75) is 19.0 Å². The Morgan fingerprint density at radius 2 is 2.17 bits per heavy atom. The molecule has 0 spiro atoms. The van der Waals surface area contributed by atoms with Crippen molar-refractivity contribution in [1.29, 1.82) is 0 Å². The Morgan fingerprint density at radius 1 is 1.44 bits per heavy atom. The van der Waals surface area contributed by atoms with E-state index in [-0.39, 0.29) is 0 Å². The topological polar surface area (TPSA) is 24.5 Å². The van der Waals surface area contributed by atoms with Crippen molar-refractivity contribution < 1.29 is 4.74 Å². The molecule has 0 saturated carbocycles. The van der Waals surface area contributed by atoms with Gasteiger partial charge in [0.2, 0.25) is 0 Å². The second-order valence-electron chi connectivity index (χ2n) is 4.69. The van der Waals surface area contributed by atoms with Crippen molar-refractivity contribution in [3.05, 3.63) is 42.5 Å². The molecule has 2 atom stereocenters. The Bertz CT molecular complexity index is 377. The van der Waals surface area contributed by atoms with Crippen LogP contribution in [-0.4, -0.2) is 38.7 Å². The molecule has 1 aromatic rings. The molecule has 0 saturated heterocycles. The number of hydrogen-bond acceptors (Lipinski definition) is 3. The van der Waals surface area contributed by atoms with Gasteiger partial charge < -0.3 is 15.0 Å². The molecule has 3 nitrogen and oxygen atoms in total. The van der Waals surface area contributed by atoms with Gasteiger partial charge in [0, 0.05) is 18.6 Å². The van der Waals surface area contributed by atoms with Crippen molar-refractivity contribution in [2.75, 3.05) is 27.7 Å². The average Bonchev–Trinajstić information content (AvgIpc) is 2.38. The minimum Gasteiger partial charge on any atom is -0.497 e. The van der Waals surface area contributed by atoms with Crippen LogP contribution < -0.4 is 10.1 Å². The van der Waals surface area contributed by atoms with Crippen molar-refractivity contribution in [3.63, 3.8) is 0 Å². The van der Waals surface area contributed by atoms with Gasteiger partial charge in [0.1, 0.15) is 5.75 Å². The third-order valence-corrected chi connectivity index (χ3v) is 3.09. The highest BCUT2D eigenvalue weighted by Gasteiger charge is 2.14. The van der Waals surface area contributed by atoms with E-state index < -0.39 is 0 Å². The number of methoxy groups -OCH3 is 1. The summed E-state index contributed by atoms with van der Waals surface area (Å²) in [4.78, 5) is 2.21. The summed E-state index contributed by atoms with van der Waals surface area (Å²) < 4.78 is 5.28. The molecular weight excluding hydrogens is 224 g/mol. The van der Waals surface area contributed by atoms with Crippen LogP contribution in [0.15, 0.2) is 36.9 Å². The number of nitrogens with zero attached hydrogens (tertiary/aromatic N) is 1. The molecule has 0 heterocycles. The number of hydrogen-bond donors (Lipinski definition) is 1. The molecule has 0 aliphatic carbocycles. The SMILES string of the molecule is C=CC(C)NCC(c1cccc(OC)c1)N(C)C. The van der Waals surface area contributed by atoms with Gasteiger partial charge >= 0.3 is 0 Å². The lowest BCUT2D eigenvalue weighted by Crippen LogP contribution is -2.34. The van der Waals surface area contributed by atoms with E-state index in [1.807, 2.05) is 18.2 Å². The van der Waals surface area contributed by atoms with Crippen LogP contribution >= 0.6 is 0 Å². The highest BCUT2D eigenvalue weighted by molar-refractivity contribution is 5.30. The number of nitrogens with one attached hydrogen (secondary N) is 1. The van der Waals surface area contributed by atoms with Gasteiger partial charge in [0.05, 0.1) is 7.11 Å². The number of likely N-dealkylation sites (N-methyl/N-ethyl adjacent to an activating group) is 1. The molecule has 0 aliphatic rings. The second-order valence-corrected chi connectivity index (χ2v) is 4.69. The van der Waals surface area contributed by atoms with Crippen LogP contribution in [0.1, 0.15) is 18.5 Å². The Labute approximate surface area is 110 Å². The van der Waals surface area contributed by atoms with Crippen LogP contribution in [0.5, 0.6) is 5.75 Å². The van der Waals surface area contributed by atoms with E-state index in [4.69, 9.17) is 4.74 Å². The minimum atomic E-state index is 0.318. The quantitative estimate of drug-likeness (QED) is 0.750. The molecule has 3 heteroatoms. The van der Waals surface area contributed by atoms with Gasteiger partial charge in [-0.25, -0.2) is 0 Å². The first-order chi connectivity index (χ1) is 8.58. The summed E-state index contributed by atoms with van der Waals surface area (Å²) in [6.07, 6.45) is 1.91. The first-order valence-corrected chi connectivity index (χ1v) is 6.24. The molecule has 0 amide bonds. The lowest BCUT2D eigenvalue weighted by atomic mass is 10.1. The fourth-order valence-electron chi connectivity index (χ4n) is 1.83. The molecule has 100 valence electrons. The Balaban J connectivity index is 2.80. The Morgan fingerprint density at radius 3 is 2.72 bits per heavy atom. The molecule has 1 rings (SSSR count).